The van der Waals surface area contributed by atoms with Crippen LogP contribution in [0.2, 0.25) is 0 Å². The molecule has 0 saturated heterocycles. The molecule has 1 aliphatic rings. The molecule has 3 rings (SSSR count). The number of oxime groups is 1. The van der Waals surface area contributed by atoms with E-state index in [-0.39, 0.29) is 6.42 Å². The second kappa shape index (κ2) is 5.25. The van der Waals surface area contributed by atoms with E-state index in [9.17, 15) is 9.18 Å². The van der Waals surface area contributed by atoms with Gasteiger partial charge < -0.3 is 14.7 Å². The van der Waals surface area contributed by atoms with Crippen LogP contribution in [0.25, 0.3) is 0 Å². The summed E-state index contributed by atoms with van der Waals surface area (Å²) in [4.78, 5) is 17.6. The molecule has 0 bridgehead atoms. The molecule has 0 fully saturated rings. The molecule has 0 spiro atoms. The maximum atomic E-state index is 13.8. The molecule has 1 aliphatic heterocycles. The molecular formula is C15H14FN3O3. The van der Waals surface area contributed by atoms with Crippen molar-refractivity contribution in [2.75, 3.05) is 5.32 Å². The summed E-state index contributed by atoms with van der Waals surface area (Å²) in [5.74, 6) is 0.0558. The number of benzene rings is 1. The Hall–Kier alpha value is -2.70. The second-order valence-corrected chi connectivity index (χ2v) is 5.29. The molecule has 1 atom stereocenters. The lowest BCUT2D eigenvalue weighted by molar-refractivity contribution is -0.136. The predicted molar refractivity (Wildman–Crippen MR) is 76.9 cm³/mol. The van der Waals surface area contributed by atoms with E-state index in [1.54, 1.807) is 38.1 Å². The normalized spacial score (nSPS) is 20.4. The minimum atomic E-state index is -1.22. The number of carbonyl (C=O) groups excluding carboxylic acids is 1. The Morgan fingerprint density at radius 3 is 2.86 bits per heavy atom. The van der Waals surface area contributed by atoms with E-state index in [4.69, 9.17) is 9.36 Å². The molecule has 0 aliphatic carbocycles. The Bertz CT molecular complexity index is 756. The van der Waals surface area contributed by atoms with Crippen molar-refractivity contribution in [2.45, 2.75) is 25.9 Å². The SMILES string of the molecule is Cc1cc(NC(=O)C2(C)CC(c3ccccc3F)=NO2)no1. The third kappa shape index (κ3) is 2.57. The minimum Gasteiger partial charge on any atom is -0.379 e. The largest absolute Gasteiger partial charge is 0.379 e. The third-order valence-corrected chi connectivity index (χ3v) is 3.40. The van der Waals surface area contributed by atoms with E-state index in [0.717, 1.165) is 0 Å². The predicted octanol–water partition coefficient (Wildman–Crippen LogP) is 2.64. The van der Waals surface area contributed by atoms with Gasteiger partial charge in [-0.2, -0.15) is 0 Å². The Kier molecular flexibility index (Phi) is 3.40. The molecule has 114 valence electrons. The van der Waals surface area contributed by atoms with Crippen molar-refractivity contribution in [2.24, 2.45) is 5.16 Å². The number of aryl methyl sites for hydroxylation is 1. The first-order valence-electron chi connectivity index (χ1n) is 6.73. The summed E-state index contributed by atoms with van der Waals surface area (Å²) in [7, 11) is 0. The number of nitrogens with zero attached hydrogens (tertiary/aromatic N) is 2. The lowest BCUT2D eigenvalue weighted by atomic mass is 9.95. The van der Waals surface area contributed by atoms with Gasteiger partial charge in [0.05, 0.1) is 5.71 Å². The van der Waals surface area contributed by atoms with E-state index < -0.39 is 17.3 Å². The summed E-state index contributed by atoms with van der Waals surface area (Å²) in [6, 6.07) is 7.83. The number of carbonyl (C=O) groups is 1. The van der Waals surface area contributed by atoms with Crippen LogP contribution in [0.4, 0.5) is 10.2 Å². The van der Waals surface area contributed by atoms with Crippen molar-refractivity contribution < 1.29 is 18.5 Å². The number of rotatable bonds is 3. The first-order valence-corrected chi connectivity index (χ1v) is 6.73. The van der Waals surface area contributed by atoms with Gasteiger partial charge in [-0.15, -0.1) is 0 Å². The zero-order chi connectivity index (χ0) is 15.7. The van der Waals surface area contributed by atoms with E-state index in [0.29, 0.717) is 22.9 Å². The maximum Gasteiger partial charge on any atom is 0.272 e. The van der Waals surface area contributed by atoms with Crippen LogP contribution in [0.3, 0.4) is 0 Å². The monoisotopic (exact) mass is 303 g/mol. The average Bonchev–Trinajstić information content (AvgIpc) is 3.07. The van der Waals surface area contributed by atoms with Crippen molar-refractivity contribution in [1.82, 2.24) is 5.16 Å². The van der Waals surface area contributed by atoms with Crippen LogP contribution >= 0.6 is 0 Å². The number of aromatic nitrogens is 1. The van der Waals surface area contributed by atoms with Crippen molar-refractivity contribution in [1.29, 1.82) is 0 Å². The summed E-state index contributed by atoms with van der Waals surface area (Å²) < 4.78 is 18.7. The van der Waals surface area contributed by atoms with E-state index >= 15 is 0 Å². The third-order valence-electron chi connectivity index (χ3n) is 3.40. The van der Waals surface area contributed by atoms with Crippen molar-refractivity contribution in [3.05, 3.63) is 47.5 Å². The van der Waals surface area contributed by atoms with Crippen LogP contribution in [0.15, 0.2) is 40.0 Å². The molecule has 0 saturated carbocycles. The second-order valence-electron chi connectivity index (χ2n) is 5.29. The molecule has 1 aromatic carbocycles. The van der Waals surface area contributed by atoms with E-state index in [1.165, 1.54) is 6.07 Å². The van der Waals surface area contributed by atoms with Gasteiger partial charge in [0.2, 0.25) is 5.60 Å². The standard InChI is InChI=1S/C15H14FN3O3/c1-9-7-13(19-21-9)17-14(20)15(2)8-12(18-22-15)10-5-3-4-6-11(10)16/h3-7H,8H2,1-2H3,(H,17,19,20). The highest BCUT2D eigenvalue weighted by atomic mass is 19.1. The highest BCUT2D eigenvalue weighted by Crippen LogP contribution is 2.28. The molecule has 2 aromatic rings. The number of nitrogens with one attached hydrogen (secondary N) is 1. The number of anilines is 1. The van der Waals surface area contributed by atoms with E-state index in [2.05, 4.69) is 15.6 Å². The number of hydrogen-bond acceptors (Lipinski definition) is 5. The first-order chi connectivity index (χ1) is 10.5. The molecule has 7 heteroatoms. The van der Waals surface area contributed by atoms with Crippen molar-refractivity contribution in [3.8, 4) is 0 Å². The van der Waals surface area contributed by atoms with Gasteiger partial charge in [0, 0.05) is 18.1 Å². The number of halogens is 1. The summed E-state index contributed by atoms with van der Waals surface area (Å²) >= 11 is 0. The fourth-order valence-corrected chi connectivity index (χ4v) is 2.18. The fourth-order valence-electron chi connectivity index (χ4n) is 2.18. The lowest BCUT2D eigenvalue weighted by Gasteiger charge is -2.19. The van der Waals surface area contributed by atoms with Crippen LogP contribution in [-0.4, -0.2) is 22.4 Å². The first kappa shape index (κ1) is 14.2. The van der Waals surface area contributed by atoms with Crippen molar-refractivity contribution in [3.63, 3.8) is 0 Å². The molecular weight excluding hydrogens is 289 g/mol. The van der Waals surface area contributed by atoms with Gasteiger partial charge in [0.1, 0.15) is 11.6 Å². The number of amides is 1. The van der Waals surface area contributed by atoms with Crippen LogP contribution in [-0.2, 0) is 9.63 Å². The van der Waals surface area contributed by atoms with Gasteiger partial charge in [0.25, 0.3) is 5.91 Å². The molecule has 2 heterocycles. The summed E-state index contributed by atoms with van der Waals surface area (Å²) in [6.07, 6.45) is 0.163. The average molecular weight is 303 g/mol. The van der Waals surface area contributed by atoms with Crippen LogP contribution in [0.1, 0.15) is 24.7 Å². The van der Waals surface area contributed by atoms with Crippen molar-refractivity contribution >= 4 is 17.4 Å². The topological polar surface area (TPSA) is 76.7 Å². The molecule has 1 N–H and O–H groups in total. The molecule has 1 amide bonds. The number of hydrogen-bond donors (Lipinski definition) is 1. The smallest absolute Gasteiger partial charge is 0.272 e. The summed E-state index contributed by atoms with van der Waals surface area (Å²) in [5.41, 5.74) is -0.492. The Balaban J connectivity index is 1.74. The van der Waals surface area contributed by atoms with Gasteiger partial charge in [-0.05, 0) is 19.9 Å². The molecule has 22 heavy (non-hydrogen) atoms. The lowest BCUT2D eigenvalue weighted by Crippen LogP contribution is -2.40. The molecule has 1 aromatic heterocycles. The van der Waals surface area contributed by atoms with Gasteiger partial charge in [-0.3, -0.25) is 4.79 Å². The summed E-state index contributed by atoms with van der Waals surface area (Å²) in [5, 5.41) is 10.1. The van der Waals surface area contributed by atoms with Gasteiger partial charge in [-0.1, -0.05) is 28.5 Å². The molecule has 6 nitrogen and oxygen atoms in total. The fraction of sp³-hybridized carbons (Fsp3) is 0.267. The van der Waals surface area contributed by atoms with Gasteiger partial charge >= 0.3 is 0 Å². The molecule has 0 radical (unpaired) electrons. The van der Waals surface area contributed by atoms with Crippen LogP contribution < -0.4 is 5.32 Å². The minimum absolute atomic E-state index is 0.163. The quantitative estimate of drug-likeness (QED) is 0.945. The van der Waals surface area contributed by atoms with Gasteiger partial charge in [0.15, 0.2) is 5.82 Å². The van der Waals surface area contributed by atoms with Gasteiger partial charge in [-0.25, -0.2) is 4.39 Å². The maximum absolute atomic E-state index is 13.8. The highest BCUT2D eigenvalue weighted by Gasteiger charge is 2.43. The molecule has 1 unspecified atom stereocenters. The highest BCUT2D eigenvalue weighted by molar-refractivity contribution is 6.07. The summed E-state index contributed by atoms with van der Waals surface area (Å²) in [6.45, 7) is 3.31. The van der Waals surface area contributed by atoms with Crippen LogP contribution in [0, 0.1) is 12.7 Å². The Morgan fingerprint density at radius 2 is 2.18 bits per heavy atom. The van der Waals surface area contributed by atoms with E-state index in [1.807, 2.05) is 0 Å². The zero-order valence-corrected chi connectivity index (χ0v) is 12.1. The van der Waals surface area contributed by atoms with Crippen LogP contribution in [0.5, 0.6) is 0 Å². The Labute approximate surface area is 125 Å². The Morgan fingerprint density at radius 1 is 1.41 bits per heavy atom. The zero-order valence-electron chi connectivity index (χ0n) is 12.1.